The first-order chi connectivity index (χ1) is 10.3. The van der Waals surface area contributed by atoms with Gasteiger partial charge in [-0.15, -0.1) is 11.6 Å². The van der Waals surface area contributed by atoms with E-state index in [0.717, 1.165) is 48.3 Å². The quantitative estimate of drug-likeness (QED) is 0.801. The third-order valence-corrected chi connectivity index (χ3v) is 4.44. The van der Waals surface area contributed by atoms with Crippen molar-refractivity contribution >= 4 is 34.7 Å². The Labute approximate surface area is 135 Å². The van der Waals surface area contributed by atoms with Gasteiger partial charge in [0.2, 0.25) is 0 Å². The molecule has 0 unspecified atom stereocenters. The maximum Gasteiger partial charge on any atom is 0.128 e. The van der Waals surface area contributed by atoms with Crippen molar-refractivity contribution in [1.29, 1.82) is 0 Å². The molecule has 2 aromatic rings. The fourth-order valence-electron chi connectivity index (χ4n) is 2.58. The molecule has 2 heterocycles. The lowest BCUT2D eigenvalue weighted by molar-refractivity contribution is 0.647. The molecule has 0 atom stereocenters. The highest BCUT2D eigenvalue weighted by atomic mass is 35.5. The molecule has 1 aliphatic rings. The Morgan fingerprint density at radius 1 is 1.00 bits per heavy atom. The number of hydrogen-bond acceptors (Lipinski definition) is 3. The SMILES string of the molecule is ClCc1ccc(N2CCN(c3ccccn3)CC2)cc1Cl. The number of alkyl halides is 1. The summed E-state index contributed by atoms with van der Waals surface area (Å²) in [5.74, 6) is 1.50. The molecule has 1 fully saturated rings. The van der Waals surface area contributed by atoms with E-state index in [4.69, 9.17) is 23.2 Å². The standard InChI is InChI=1S/C16H17Cl2N3/c17-12-13-4-5-14(11-15(13)18)20-7-9-21(10-8-20)16-3-1-2-6-19-16/h1-6,11H,7-10,12H2. The van der Waals surface area contributed by atoms with Gasteiger partial charge in [-0.05, 0) is 29.8 Å². The van der Waals surface area contributed by atoms with E-state index in [0.29, 0.717) is 5.88 Å². The van der Waals surface area contributed by atoms with Gasteiger partial charge < -0.3 is 9.80 Å². The zero-order valence-corrected chi connectivity index (χ0v) is 13.2. The zero-order chi connectivity index (χ0) is 14.7. The average Bonchev–Trinajstić information content (AvgIpc) is 2.56. The predicted molar refractivity (Wildman–Crippen MR) is 89.7 cm³/mol. The van der Waals surface area contributed by atoms with Crippen LogP contribution in [0.25, 0.3) is 0 Å². The van der Waals surface area contributed by atoms with Crippen molar-refractivity contribution in [2.24, 2.45) is 0 Å². The van der Waals surface area contributed by atoms with Crippen LogP contribution in [0.4, 0.5) is 11.5 Å². The molecule has 21 heavy (non-hydrogen) atoms. The van der Waals surface area contributed by atoms with Crippen molar-refractivity contribution in [3.63, 3.8) is 0 Å². The summed E-state index contributed by atoms with van der Waals surface area (Å²) in [5, 5.41) is 0.745. The number of aromatic nitrogens is 1. The molecule has 0 bridgehead atoms. The molecule has 0 aliphatic carbocycles. The Kier molecular flexibility index (Phi) is 4.51. The van der Waals surface area contributed by atoms with Crippen molar-refractivity contribution < 1.29 is 0 Å². The number of nitrogens with zero attached hydrogens (tertiary/aromatic N) is 3. The molecule has 1 aliphatic heterocycles. The Morgan fingerprint density at radius 3 is 2.38 bits per heavy atom. The minimum absolute atomic E-state index is 0.451. The van der Waals surface area contributed by atoms with Gasteiger partial charge in [0.25, 0.3) is 0 Å². The highest BCUT2D eigenvalue weighted by Gasteiger charge is 2.18. The Balaban J connectivity index is 1.67. The second kappa shape index (κ2) is 6.54. The minimum Gasteiger partial charge on any atom is -0.368 e. The summed E-state index contributed by atoms with van der Waals surface area (Å²) in [5.41, 5.74) is 2.14. The van der Waals surface area contributed by atoms with Crippen molar-refractivity contribution in [3.05, 3.63) is 53.2 Å². The number of rotatable bonds is 3. The first-order valence-electron chi connectivity index (χ1n) is 7.03. The summed E-state index contributed by atoms with van der Waals surface area (Å²) in [6.45, 7) is 3.86. The molecule has 1 saturated heterocycles. The van der Waals surface area contributed by atoms with E-state index in [1.54, 1.807) is 0 Å². The fourth-order valence-corrected chi connectivity index (χ4v) is 3.12. The van der Waals surface area contributed by atoms with Gasteiger partial charge in [-0.25, -0.2) is 4.98 Å². The summed E-state index contributed by atoms with van der Waals surface area (Å²) < 4.78 is 0. The number of piperazine rings is 1. The van der Waals surface area contributed by atoms with Crippen LogP contribution in [0.1, 0.15) is 5.56 Å². The van der Waals surface area contributed by atoms with Crippen LogP contribution in [0.15, 0.2) is 42.6 Å². The van der Waals surface area contributed by atoms with Crippen LogP contribution < -0.4 is 9.80 Å². The fraction of sp³-hybridized carbons (Fsp3) is 0.312. The average molecular weight is 322 g/mol. The van der Waals surface area contributed by atoms with Crippen LogP contribution in [0, 0.1) is 0 Å². The summed E-state index contributed by atoms with van der Waals surface area (Å²) in [6, 6.07) is 12.1. The van der Waals surface area contributed by atoms with Gasteiger partial charge in [0, 0.05) is 49.0 Å². The van der Waals surface area contributed by atoms with Gasteiger partial charge in [0.05, 0.1) is 0 Å². The number of benzene rings is 1. The maximum atomic E-state index is 6.24. The molecular formula is C16H17Cl2N3. The van der Waals surface area contributed by atoms with Crippen LogP contribution >= 0.6 is 23.2 Å². The van der Waals surface area contributed by atoms with E-state index in [9.17, 15) is 0 Å². The molecule has 5 heteroatoms. The third-order valence-electron chi connectivity index (χ3n) is 3.80. The van der Waals surface area contributed by atoms with E-state index in [-0.39, 0.29) is 0 Å². The van der Waals surface area contributed by atoms with Gasteiger partial charge >= 0.3 is 0 Å². The lowest BCUT2D eigenvalue weighted by Crippen LogP contribution is -2.46. The lowest BCUT2D eigenvalue weighted by Gasteiger charge is -2.36. The lowest BCUT2D eigenvalue weighted by atomic mass is 10.2. The van der Waals surface area contributed by atoms with Crippen molar-refractivity contribution in [2.75, 3.05) is 36.0 Å². The smallest absolute Gasteiger partial charge is 0.128 e. The summed E-state index contributed by atoms with van der Waals surface area (Å²) >= 11 is 12.1. The molecule has 0 spiro atoms. The predicted octanol–water partition coefficient (Wildman–Crippen LogP) is 3.80. The number of hydrogen-bond donors (Lipinski definition) is 0. The van der Waals surface area contributed by atoms with Crippen molar-refractivity contribution in [2.45, 2.75) is 5.88 Å². The van der Waals surface area contributed by atoms with Gasteiger partial charge in [0.1, 0.15) is 5.82 Å². The highest BCUT2D eigenvalue weighted by Crippen LogP contribution is 2.26. The normalized spacial score (nSPS) is 15.3. The minimum atomic E-state index is 0.451. The number of halogens is 2. The molecule has 110 valence electrons. The Morgan fingerprint density at radius 2 is 1.76 bits per heavy atom. The topological polar surface area (TPSA) is 19.4 Å². The molecule has 3 nitrogen and oxygen atoms in total. The molecule has 0 saturated carbocycles. The first-order valence-corrected chi connectivity index (χ1v) is 7.94. The molecule has 0 radical (unpaired) electrons. The molecule has 0 amide bonds. The third kappa shape index (κ3) is 3.25. The van der Waals surface area contributed by atoms with Crippen LogP contribution in [0.2, 0.25) is 5.02 Å². The van der Waals surface area contributed by atoms with Crippen molar-refractivity contribution in [1.82, 2.24) is 4.98 Å². The zero-order valence-electron chi connectivity index (χ0n) is 11.7. The second-order valence-corrected chi connectivity index (χ2v) is 5.75. The molecule has 0 N–H and O–H groups in total. The molecular weight excluding hydrogens is 305 g/mol. The van der Waals surface area contributed by atoms with Crippen LogP contribution in [-0.4, -0.2) is 31.2 Å². The summed E-state index contributed by atoms with van der Waals surface area (Å²) in [6.07, 6.45) is 1.84. The Hall–Kier alpha value is -1.45. The molecule has 1 aromatic heterocycles. The monoisotopic (exact) mass is 321 g/mol. The van der Waals surface area contributed by atoms with Crippen LogP contribution in [0.5, 0.6) is 0 Å². The van der Waals surface area contributed by atoms with Gasteiger partial charge in [-0.3, -0.25) is 0 Å². The summed E-state index contributed by atoms with van der Waals surface area (Å²) in [7, 11) is 0. The van der Waals surface area contributed by atoms with E-state index in [1.165, 1.54) is 0 Å². The van der Waals surface area contributed by atoms with Gasteiger partial charge in [0.15, 0.2) is 0 Å². The van der Waals surface area contributed by atoms with Gasteiger partial charge in [-0.1, -0.05) is 23.7 Å². The van der Waals surface area contributed by atoms with E-state index >= 15 is 0 Å². The first kappa shape index (κ1) is 14.5. The van der Waals surface area contributed by atoms with Gasteiger partial charge in [-0.2, -0.15) is 0 Å². The number of anilines is 2. The number of pyridine rings is 1. The van der Waals surface area contributed by atoms with Crippen LogP contribution in [0.3, 0.4) is 0 Å². The molecule has 3 rings (SSSR count). The largest absolute Gasteiger partial charge is 0.368 e. The van der Waals surface area contributed by atoms with E-state index < -0.39 is 0 Å². The summed E-state index contributed by atoms with van der Waals surface area (Å²) in [4.78, 5) is 9.07. The van der Waals surface area contributed by atoms with E-state index in [1.807, 2.05) is 30.5 Å². The Bertz CT molecular complexity index is 596. The van der Waals surface area contributed by atoms with Crippen LogP contribution in [-0.2, 0) is 5.88 Å². The van der Waals surface area contributed by atoms with E-state index in [2.05, 4.69) is 26.9 Å². The second-order valence-electron chi connectivity index (χ2n) is 5.07. The van der Waals surface area contributed by atoms with Crippen molar-refractivity contribution in [3.8, 4) is 0 Å². The molecule has 1 aromatic carbocycles. The highest BCUT2D eigenvalue weighted by molar-refractivity contribution is 6.32. The maximum absolute atomic E-state index is 6.24.